The van der Waals surface area contributed by atoms with Gasteiger partial charge in [0.2, 0.25) is 5.91 Å². The molecule has 2 amide bonds. The lowest BCUT2D eigenvalue weighted by Gasteiger charge is -2.21. The summed E-state index contributed by atoms with van der Waals surface area (Å²) in [6, 6.07) is 7.49. The molecule has 0 saturated carbocycles. The molecule has 3 rings (SSSR count). The Hall–Kier alpha value is -3.51. The first kappa shape index (κ1) is 21.2. The highest BCUT2D eigenvalue weighted by Gasteiger charge is 2.41. The Morgan fingerprint density at radius 1 is 1.37 bits per heavy atom. The van der Waals surface area contributed by atoms with Crippen LogP contribution in [0, 0.1) is 10.1 Å². The van der Waals surface area contributed by atoms with Gasteiger partial charge in [0, 0.05) is 23.8 Å². The van der Waals surface area contributed by atoms with Gasteiger partial charge in [-0.15, -0.1) is 0 Å². The number of nitro benzene ring substituents is 1. The number of non-ortho nitro benzene ring substituents is 1. The van der Waals surface area contributed by atoms with Gasteiger partial charge in [-0.25, -0.2) is 4.79 Å². The molecule has 12 heteroatoms. The van der Waals surface area contributed by atoms with Gasteiger partial charge in [-0.1, -0.05) is 36.1 Å². The van der Waals surface area contributed by atoms with Gasteiger partial charge in [-0.05, 0) is 12.1 Å². The number of nitro groups is 1. The Balaban J connectivity index is 1.86. The monoisotopic (exact) mass is 447 g/mol. The van der Waals surface area contributed by atoms with E-state index in [0.29, 0.717) is 11.3 Å². The van der Waals surface area contributed by atoms with E-state index in [1.54, 1.807) is 18.2 Å². The van der Waals surface area contributed by atoms with Crippen LogP contribution < -0.4 is 5.73 Å². The molecule has 1 aliphatic rings. The number of carboxylic acids is 1. The first-order valence-electron chi connectivity index (χ1n) is 8.30. The maximum atomic E-state index is 12.7. The van der Waals surface area contributed by atoms with Crippen LogP contribution in [0.15, 0.2) is 45.7 Å². The SMILES string of the molecule is NC(=O)CC(C(=O)O)N1C(=O)/C(=C\c2ccc(-c3cccc([N+](=O)[O-])c3)o2)SC1=S. The minimum absolute atomic E-state index is 0.0228. The number of hydrogen-bond acceptors (Lipinski definition) is 8. The second-order valence-electron chi connectivity index (χ2n) is 6.09. The molecule has 154 valence electrons. The van der Waals surface area contributed by atoms with Gasteiger partial charge in [-0.3, -0.25) is 24.6 Å². The predicted molar refractivity (Wildman–Crippen MR) is 111 cm³/mol. The molecule has 30 heavy (non-hydrogen) atoms. The summed E-state index contributed by atoms with van der Waals surface area (Å²) in [5, 5.41) is 20.3. The third-order valence-electron chi connectivity index (χ3n) is 4.06. The summed E-state index contributed by atoms with van der Waals surface area (Å²) in [4.78, 5) is 46.6. The number of carboxylic acid groups (broad SMARTS) is 1. The van der Waals surface area contributed by atoms with Crippen molar-refractivity contribution >= 4 is 57.8 Å². The molecule has 1 aromatic carbocycles. The van der Waals surface area contributed by atoms with E-state index in [4.69, 9.17) is 22.4 Å². The molecule has 0 spiro atoms. The fourth-order valence-electron chi connectivity index (χ4n) is 2.72. The van der Waals surface area contributed by atoms with E-state index >= 15 is 0 Å². The van der Waals surface area contributed by atoms with E-state index in [-0.39, 0.29) is 20.7 Å². The number of thioether (sulfide) groups is 1. The van der Waals surface area contributed by atoms with Gasteiger partial charge in [0.1, 0.15) is 21.9 Å². The molecule has 2 heterocycles. The Labute approximate surface area is 178 Å². The quantitative estimate of drug-likeness (QED) is 0.281. The fourth-order valence-corrected chi connectivity index (χ4v) is 4.05. The van der Waals surface area contributed by atoms with Crippen molar-refractivity contribution in [3.63, 3.8) is 0 Å². The van der Waals surface area contributed by atoms with Crippen molar-refractivity contribution in [2.45, 2.75) is 12.5 Å². The van der Waals surface area contributed by atoms with E-state index in [9.17, 15) is 29.6 Å². The van der Waals surface area contributed by atoms with E-state index in [2.05, 4.69) is 0 Å². The highest BCUT2D eigenvalue weighted by Crippen LogP contribution is 2.35. The molecule has 1 fully saturated rings. The van der Waals surface area contributed by atoms with E-state index in [0.717, 1.165) is 16.7 Å². The summed E-state index contributed by atoms with van der Waals surface area (Å²) in [5.74, 6) is -2.37. The van der Waals surface area contributed by atoms with Crippen LogP contribution in [-0.4, -0.2) is 43.1 Å². The zero-order valence-corrected chi connectivity index (χ0v) is 16.6. The van der Waals surface area contributed by atoms with Crippen molar-refractivity contribution in [2.75, 3.05) is 0 Å². The molecule has 1 saturated heterocycles. The number of thiocarbonyl (C=S) groups is 1. The molecular weight excluding hydrogens is 434 g/mol. The predicted octanol–water partition coefficient (Wildman–Crippen LogP) is 2.38. The number of hydrogen-bond donors (Lipinski definition) is 2. The number of carbonyl (C=O) groups is 3. The Morgan fingerprint density at radius 3 is 2.73 bits per heavy atom. The lowest BCUT2D eigenvalue weighted by atomic mass is 10.1. The van der Waals surface area contributed by atoms with Crippen molar-refractivity contribution in [1.82, 2.24) is 4.90 Å². The molecule has 2 aromatic rings. The standard InChI is InChI=1S/C18H13N3O7S2/c19-15(22)8-12(17(24)25)20-16(23)14(30-18(20)29)7-11-4-5-13(28-11)9-2-1-3-10(6-9)21(26)27/h1-7,12H,8H2,(H2,19,22)(H,24,25)/b14-7+. The Morgan fingerprint density at radius 2 is 2.10 bits per heavy atom. The molecule has 3 N–H and O–H groups in total. The summed E-state index contributed by atoms with van der Waals surface area (Å²) in [5.41, 5.74) is 5.45. The van der Waals surface area contributed by atoms with Gasteiger partial charge in [-0.2, -0.15) is 0 Å². The van der Waals surface area contributed by atoms with Crippen molar-refractivity contribution in [3.8, 4) is 11.3 Å². The van der Waals surface area contributed by atoms with Gasteiger partial charge in [0.05, 0.1) is 16.2 Å². The van der Waals surface area contributed by atoms with Crippen LogP contribution in [0.5, 0.6) is 0 Å². The lowest BCUT2D eigenvalue weighted by Crippen LogP contribution is -2.46. The fraction of sp³-hybridized carbons (Fsp3) is 0.111. The average molecular weight is 447 g/mol. The summed E-state index contributed by atoms with van der Waals surface area (Å²) < 4.78 is 5.62. The second kappa shape index (κ2) is 8.47. The second-order valence-corrected chi connectivity index (χ2v) is 7.76. The Bertz CT molecular complexity index is 1110. The summed E-state index contributed by atoms with van der Waals surface area (Å²) in [6.07, 6.45) is 0.802. The van der Waals surface area contributed by atoms with Crippen LogP contribution in [0.2, 0.25) is 0 Å². The van der Waals surface area contributed by atoms with Crippen LogP contribution >= 0.6 is 24.0 Å². The number of nitrogens with zero attached hydrogens (tertiary/aromatic N) is 2. The number of aliphatic carboxylic acids is 1. The summed E-state index contributed by atoms with van der Waals surface area (Å²) in [6.45, 7) is 0. The van der Waals surface area contributed by atoms with Crippen molar-refractivity contribution < 1.29 is 28.8 Å². The molecule has 1 unspecified atom stereocenters. The van der Waals surface area contributed by atoms with Crippen molar-refractivity contribution in [3.05, 3.63) is 57.2 Å². The summed E-state index contributed by atoms with van der Waals surface area (Å²) >= 11 is 5.96. The Kier molecular flexibility index (Phi) is 5.99. The minimum Gasteiger partial charge on any atom is -0.480 e. The molecule has 1 aliphatic heterocycles. The third-order valence-corrected chi connectivity index (χ3v) is 5.39. The maximum absolute atomic E-state index is 12.7. The number of benzene rings is 1. The van der Waals surface area contributed by atoms with Crippen molar-refractivity contribution in [1.29, 1.82) is 0 Å². The lowest BCUT2D eigenvalue weighted by molar-refractivity contribution is -0.384. The third kappa shape index (κ3) is 4.39. The molecule has 10 nitrogen and oxygen atoms in total. The minimum atomic E-state index is -1.50. The van der Waals surface area contributed by atoms with E-state index < -0.39 is 35.2 Å². The van der Waals surface area contributed by atoms with E-state index in [1.165, 1.54) is 24.3 Å². The van der Waals surface area contributed by atoms with Gasteiger partial charge < -0.3 is 15.3 Å². The number of nitrogens with two attached hydrogens (primary N) is 1. The molecular formula is C18H13N3O7S2. The molecule has 1 aromatic heterocycles. The number of amides is 2. The molecule has 0 aliphatic carbocycles. The van der Waals surface area contributed by atoms with Gasteiger partial charge in [0.25, 0.3) is 11.6 Å². The van der Waals surface area contributed by atoms with Crippen LogP contribution in [-0.2, 0) is 14.4 Å². The number of carbonyl (C=O) groups excluding carboxylic acids is 2. The van der Waals surface area contributed by atoms with Crippen LogP contribution in [0.3, 0.4) is 0 Å². The average Bonchev–Trinajstić information content (AvgIpc) is 3.25. The number of rotatable bonds is 7. The highest BCUT2D eigenvalue weighted by atomic mass is 32.2. The zero-order valence-electron chi connectivity index (χ0n) is 15.0. The maximum Gasteiger partial charge on any atom is 0.327 e. The first-order valence-corrected chi connectivity index (χ1v) is 9.52. The molecule has 0 bridgehead atoms. The van der Waals surface area contributed by atoms with Crippen LogP contribution in [0.4, 0.5) is 5.69 Å². The number of furan rings is 1. The summed E-state index contributed by atoms with van der Waals surface area (Å²) in [7, 11) is 0. The first-order chi connectivity index (χ1) is 14.2. The normalized spacial score (nSPS) is 16.1. The van der Waals surface area contributed by atoms with Crippen molar-refractivity contribution in [2.24, 2.45) is 5.73 Å². The van der Waals surface area contributed by atoms with Gasteiger partial charge >= 0.3 is 5.97 Å². The molecule has 0 radical (unpaired) electrons. The van der Waals surface area contributed by atoms with Gasteiger partial charge in [0.15, 0.2) is 0 Å². The van der Waals surface area contributed by atoms with E-state index in [1.807, 2.05) is 0 Å². The number of primary amides is 1. The zero-order chi connectivity index (χ0) is 22.0. The van der Waals surface area contributed by atoms with Crippen LogP contribution in [0.25, 0.3) is 17.4 Å². The topological polar surface area (TPSA) is 157 Å². The smallest absolute Gasteiger partial charge is 0.327 e. The van der Waals surface area contributed by atoms with Crippen LogP contribution in [0.1, 0.15) is 12.2 Å². The highest BCUT2D eigenvalue weighted by molar-refractivity contribution is 8.26. The largest absolute Gasteiger partial charge is 0.480 e. The molecule has 1 atom stereocenters.